The fourth-order valence-electron chi connectivity index (χ4n) is 2.57. The van der Waals surface area contributed by atoms with Gasteiger partial charge < -0.3 is 5.32 Å². The molecule has 0 aliphatic rings. The van der Waals surface area contributed by atoms with Crippen molar-refractivity contribution in [2.45, 2.75) is 26.6 Å². The van der Waals surface area contributed by atoms with Gasteiger partial charge in [0, 0.05) is 31.7 Å². The third-order valence-electron chi connectivity index (χ3n) is 3.76. The molecule has 0 saturated carbocycles. The molecule has 3 aromatic heterocycles. The van der Waals surface area contributed by atoms with Crippen molar-refractivity contribution in [2.75, 3.05) is 6.54 Å². The molecule has 0 bridgehead atoms. The molecule has 3 rings (SSSR count). The van der Waals surface area contributed by atoms with Gasteiger partial charge in [0.25, 0.3) is 5.91 Å². The Hall–Kier alpha value is -2.91. The number of aryl methyl sites for hydroxylation is 1. The highest BCUT2D eigenvalue weighted by atomic mass is 19.4. The van der Waals surface area contributed by atoms with Gasteiger partial charge in [-0.05, 0) is 25.0 Å². The Balaban J connectivity index is 1.62. The van der Waals surface area contributed by atoms with Crippen LogP contribution in [-0.2, 0) is 12.7 Å². The van der Waals surface area contributed by atoms with Gasteiger partial charge in [-0.25, -0.2) is 9.97 Å². The van der Waals surface area contributed by atoms with Crippen LogP contribution >= 0.6 is 0 Å². The van der Waals surface area contributed by atoms with Gasteiger partial charge in [-0.2, -0.15) is 18.3 Å². The van der Waals surface area contributed by atoms with Gasteiger partial charge in [0.15, 0.2) is 0 Å². The lowest BCUT2D eigenvalue weighted by Crippen LogP contribution is -2.31. The first-order valence-electron chi connectivity index (χ1n) is 7.93. The van der Waals surface area contributed by atoms with Crippen molar-refractivity contribution < 1.29 is 18.0 Å². The maximum atomic E-state index is 13.0. The monoisotopic (exact) mass is 366 g/mol. The first-order chi connectivity index (χ1) is 12.2. The van der Waals surface area contributed by atoms with Crippen molar-refractivity contribution in [3.8, 4) is 0 Å². The average Bonchev–Trinajstić information content (AvgIpc) is 3.15. The molecule has 26 heavy (non-hydrogen) atoms. The number of carbonyl (C=O) groups excluding carboxylic acids is 1. The smallest absolute Gasteiger partial charge is 0.350 e. The molecule has 7 nitrogen and oxygen atoms in total. The van der Waals surface area contributed by atoms with Gasteiger partial charge in [-0.3, -0.25) is 13.9 Å². The Morgan fingerprint density at radius 1 is 1.38 bits per heavy atom. The van der Waals surface area contributed by atoms with Crippen LogP contribution in [0.1, 0.15) is 28.8 Å². The number of imidazole rings is 1. The quantitative estimate of drug-likeness (QED) is 0.752. The minimum Gasteiger partial charge on any atom is -0.350 e. The predicted octanol–water partition coefficient (Wildman–Crippen LogP) is 2.32. The topological polar surface area (TPSA) is 77.1 Å². The minimum atomic E-state index is -4.46. The molecule has 10 heteroatoms. The van der Waals surface area contributed by atoms with Crippen LogP contribution in [0.4, 0.5) is 13.2 Å². The summed E-state index contributed by atoms with van der Waals surface area (Å²) in [6.07, 6.45) is 0.360. The molecule has 0 aromatic carbocycles. The van der Waals surface area contributed by atoms with E-state index in [1.807, 2.05) is 0 Å². The first-order valence-corrected chi connectivity index (χ1v) is 7.93. The zero-order valence-electron chi connectivity index (χ0n) is 14.2. The Bertz CT molecular complexity index is 897. The maximum absolute atomic E-state index is 13.0. The number of fused-ring (bicyclic) bond motifs is 1. The van der Waals surface area contributed by atoms with Crippen LogP contribution in [0.25, 0.3) is 5.78 Å². The molecule has 0 radical (unpaired) electrons. The van der Waals surface area contributed by atoms with Crippen molar-refractivity contribution in [3.63, 3.8) is 0 Å². The number of hydrogen-bond acceptors (Lipinski definition) is 4. The number of halogens is 3. The highest BCUT2D eigenvalue weighted by Gasteiger charge is 2.35. The van der Waals surface area contributed by atoms with E-state index in [1.54, 1.807) is 36.0 Å². The molecule has 138 valence electrons. The third kappa shape index (κ3) is 3.84. The molecular weight excluding hydrogens is 349 g/mol. The average molecular weight is 366 g/mol. The highest BCUT2D eigenvalue weighted by Crippen LogP contribution is 2.30. The summed E-state index contributed by atoms with van der Waals surface area (Å²) < 4.78 is 41.5. The molecule has 0 aliphatic carbocycles. The van der Waals surface area contributed by atoms with Gasteiger partial charge >= 0.3 is 6.18 Å². The molecule has 0 fully saturated rings. The van der Waals surface area contributed by atoms with Crippen LogP contribution in [0.2, 0.25) is 0 Å². The number of hydrogen-bond donors (Lipinski definition) is 1. The van der Waals surface area contributed by atoms with E-state index in [0.29, 0.717) is 11.5 Å². The number of nitrogens with one attached hydrogen (secondary N) is 1. The summed E-state index contributed by atoms with van der Waals surface area (Å²) in [5.74, 6) is -0.267. The minimum absolute atomic E-state index is 0.0374. The summed E-state index contributed by atoms with van der Waals surface area (Å²) in [4.78, 5) is 20.3. The zero-order valence-corrected chi connectivity index (χ0v) is 14.2. The second-order valence-electron chi connectivity index (χ2n) is 6.12. The van der Waals surface area contributed by atoms with E-state index in [-0.39, 0.29) is 24.7 Å². The molecular formula is C16H17F3N6O. The molecule has 1 amide bonds. The Kier molecular flexibility index (Phi) is 4.66. The summed E-state index contributed by atoms with van der Waals surface area (Å²) in [6.45, 7) is 3.48. The fourth-order valence-corrected chi connectivity index (χ4v) is 2.57. The second-order valence-corrected chi connectivity index (χ2v) is 6.12. The normalized spacial score (nSPS) is 13.1. The molecule has 0 saturated heterocycles. The lowest BCUT2D eigenvalue weighted by atomic mass is 10.2. The number of carbonyl (C=O) groups is 1. The third-order valence-corrected chi connectivity index (χ3v) is 3.76. The Morgan fingerprint density at radius 3 is 2.85 bits per heavy atom. The molecule has 1 N–H and O–H groups in total. The molecule has 0 unspecified atom stereocenters. The molecule has 1 atom stereocenters. The van der Waals surface area contributed by atoms with Crippen LogP contribution in [0.5, 0.6) is 0 Å². The van der Waals surface area contributed by atoms with Crippen molar-refractivity contribution in [3.05, 3.63) is 47.8 Å². The van der Waals surface area contributed by atoms with E-state index in [2.05, 4.69) is 20.4 Å². The summed E-state index contributed by atoms with van der Waals surface area (Å²) in [5, 5.41) is 6.57. The van der Waals surface area contributed by atoms with Gasteiger partial charge in [0.05, 0.1) is 5.69 Å². The van der Waals surface area contributed by atoms with Crippen LogP contribution in [0.15, 0.2) is 30.7 Å². The molecule has 0 spiro atoms. The summed E-state index contributed by atoms with van der Waals surface area (Å²) in [5.41, 5.74) is -0.299. The van der Waals surface area contributed by atoms with E-state index in [9.17, 15) is 18.0 Å². The van der Waals surface area contributed by atoms with E-state index < -0.39 is 17.8 Å². The van der Waals surface area contributed by atoms with Crippen molar-refractivity contribution in [1.82, 2.24) is 29.5 Å². The zero-order chi connectivity index (χ0) is 18.9. The number of amides is 1. The maximum Gasteiger partial charge on any atom is 0.433 e. The van der Waals surface area contributed by atoms with Crippen LogP contribution < -0.4 is 5.32 Å². The van der Waals surface area contributed by atoms with Crippen LogP contribution in [-0.4, -0.2) is 36.6 Å². The molecule has 3 heterocycles. The highest BCUT2D eigenvalue weighted by molar-refractivity contribution is 5.92. The molecule has 3 aromatic rings. The van der Waals surface area contributed by atoms with E-state index in [1.165, 1.54) is 6.92 Å². The molecule has 0 aliphatic heterocycles. The van der Waals surface area contributed by atoms with Gasteiger partial charge in [0.2, 0.25) is 5.78 Å². The van der Waals surface area contributed by atoms with Gasteiger partial charge in [-0.1, -0.05) is 6.92 Å². The number of nitrogens with zero attached hydrogens (tertiary/aromatic N) is 5. The van der Waals surface area contributed by atoms with Crippen LogP contribution in [0, 0.1) is 12.8 Å². The van der Waals surface area contributed by atoms with E-state index in [0.717, 1.165) is 10.7 Å². The van der Waals surface area contributed by atoms with Crippen molar-refractivity contribution in [1.29, 1.82) is 0 Å². The predicted molar refractivity (Wildman–Crippen MR) is 86.5 cm³/mol. The SMILES string of the molecule is Cc1cc(C(F)(F)F)n(C[C@@H](C)CNC(=O)c2cn3cccnc3n2)n1. The van der Waals surface area contributed by atoms with Gasteiger partial charge in [0.1, 0.15) is 11.4 Å². The number of rotatable bonds is 5. The van der Waals surface area contributed by atoms with Crippen molar-refractivity contribution >= 4 is 11.7 Å². The fraction of sp³-hybridized carbons (Fsp3) is 0.375. The van der Waals surface area contributed by atoms with Gasteiger partial charge in [-0.15, -0.1) is 0 Å². The lowest BCUT2D eigenvalue weighted by Gasteiger charge is -2.15. The largest absolute Gasteiger partial charge is 0.433 e. The number of aromatic nitrogens is 5. The summed E-state index contributed by atoms with van der Waals surface area (Å²) in [6, 6.07) is 2.72. The Morgan fingerprint density at radius 2 is 2.15 bits per heavy atom. The standard InChI is InChI=1S/C16H17F3N6O/c1-10(8-25-13(16(17,18)19)6-11(2)23-25)7-21-14(26)12-9-24-5-3-4-20-15(24)22-12/h3-6,9-10H,7-8H2,1-2H3,(H,21,26)/t10-/m0/s1. The lowest BCUT2D eigenvalue weighted by molar-refractivity contribution is -0.144. The van der Waals surface area contributed by atoms with E-state index in [4.69, 9.17) is 0 Å². The van der Waals surface area contributed by atoms with Crippen molar-refractivity contribution in [2.24, 2.45) is 5.92 Å². The second kappa shape index (κ2) is 6.77. The number of alkyl halides is 3. The summed E-state index contributed by atoms with van der Waals surface area (Å²) in [7, 11) is 0. The van der Waals surface area contributed by atoms with E-state index >= 15 is 0 Å². The van der Waals surface area contributed by atoms with Crippen LogP contribution in [0.3, 0.4) is 0 Å². The first kappa shape index (κ1) is 17.9. The summed E-state index contributed by atoms with van der Waals surface area (Å²) >= 11 is 0. The Labute approximate surface area is 146 Å².